The van der Waals surface area contributed by atoms with Crippen molar-refractivity contribution in [2.75, 3.05) is 0 Å². The number of hydrogen-bond donors (Lipinski definition) is 0. The molecule has 0 bridgehead atoms. The van der Waals surface area contributed by atoms with Gasteiger partial charge in [-0.3, -0.25) is 0 Å². The molecule has 6 heteroatoms. The number of esters is 1. The first-order chi connectivity index (χ1) is 12.0. The van der Waals surface area contributed by atoms with Gasteiger partial charge in [0.05, 0.1) is 5.56 Å². The summed E-state index contributed by atoms with van der Waals surface area (Å²) in [6, 6.07) is 6.83. The largest absolute Gasteiger partial charge is 0.423 e. The second-order valence-corrected chi connectivity index (χ2v) is 5.19. The Balaban J connectivity index is 2.21. The number of carbonyl (C=O) groups excluding carboxylic acids is 1. The monoisotopic (exact) mass is 345 g/mol. The van der Waals surface area contributed by atoms with Crippen LogP contribution in [0.4, 0.5) is 13.2 Å². The van der Waals surface area contributed by atoms with Crippen LogP contribution in [-0.2, 0) is 6.42 Å². The van der Waals surface area contributed by atoms with Gasteiger partial charge in [-0.15, -0.1) is 0 Å². The highest BCUT2D eigenvalue weighted by atomic mass is 19.1. The Labute approximate surface area is 143 Å². The van der Waals surface area contributed by atoms with Gasteiger partial charge in [-0.05, 0) is 49.6 Å². The summed E-state index contributed by atoms with van der Waals surface area (Å²) in [4.78, 5) is 12.0. The highest BCUT2D eigenvalue weighted by molar-refractivity contribution is 5.91. The van der Waals surface area contributed by atoms with Gasteiger partial charge in [0.25, 0.3) is 0 Å². The lowest BCUT2D eigenvalue weighted by Crippen LogP contribution is -2.14. The van der Waals surface area contributed by atoms with Crippen LogP contribution in [0.25, 0.3) is 0 Å². The Morgan fingerprint density at radius 1 is 1.16 bits per heavy atom. The van der Waals surface area contributed by atoms with Crippen molar-refractivity contribution in [2.45, 2.75) is 19.8 Å². The molecule has 0 aliphatic heterocycles. The average molecular weight is 345 g/mol. The molecule has 0 saturated carbocycles. The van der Waals surface area contributed by atoms with Gasteiger partial charge >= 0.3 is 5.97 Å². The van der Waals surface area contributed by atoms with Gasteiger partial charge in [-0.2, -0.15) is 5.26 Å². The Morgan fingerprint density at radius 3 is 2.40 bits per heavy atom. The van der Waals surface area contributed by atoms with Crippen LogP contribution in [0.2, 0.25) is 0 Å². The zero-order valence-corrected chi connectivity index (χ0v) is 13.4. The van der Waals surface area contributed by atoms with Gasteiger partial charge in [0.15, 0.2) is 0 Å². The van der Waals surface area contributed by atoms with E-state index in [9.17, 15) is 18.0 Å². The summed E-state index contributed by atoms with van der Waals surface area (Å²) >= 11 is 0. The number of halogens is 3. The van der Waals surface area contributed by atoms with Gasteiger partial charge in [0, 0.05) is 6.07 Å². The van der Waals surface area contributed by atoms with Crippen LogP contribution in [0, 0.1) is 28.8 Å². The predicted octanol–water partition coefficient (Wildman–Crippen LogP) is 4.70. The fraction of sp³-hybridized carbons (Fsp3) is 0.158. The standard InChI is InChI=1S/C19H14F3NO2/c1-2-3-4-5-12-8-16(21)18(17(22)9-12)19(24)25-14-7-6-13(11-23)15(20)10-14/h2-3,6-10H,4-5H2,1H3. The van der Waals surface area contributed by atoms with Crippen molar-refractivity contribution < 1.29 is 22.7 Å². The van der Waals surface area contributed by atoms with Gasteiger partial charge < -0.3 is 4.74 Å². The van der Waals surface area contributed by atoms with Gasteiger partial charge in [0.2, 0.25) is 0 Å². The van der Waals surface area contributed by atoms with E-state index in [4.69, 9.17) is 10.00 Å². The number of nitriles is 1. The maximum Gasteiger partial charge on any atom is 0.349 e. The summed E-state index contributed by atoms with van der Waals surface area (Å²) in [5.74, 6) is -4.52. The third kappa shape index (κ3) is 4.48. The van der Waals surface area contributed by atoms with Crippen molar-refractivity contribution in [3.63, 3.8) is 0 Å². The molecule has 0 aliphatic carbocycles. The lowest BCUT2D eigenvalue weighted by Gasteiger charge is -2.08. The molecule has 0 fully saturated rings. The minimum Gasteiger partial charge on any atom is -0.423 e. The quantitative estimate of drug-likeness (QED) is 0.448. The molecule has 0 heterocycles. The van der Waals surface area contributed by atoms with E-state index in [1.165, 1.54) is 6.07 Å². The van der Waals surface area contributed by atoms with Crippen LogP contribution in [0.15, 0.2) is 42.5 Å². The van der Waals surface area contributed by atoms with E-state index < -0.39 is 29.0 Å². The van der Waals surface area contributed by atoms with E-state index in [0.717, 1.165) is 24.3 Å². The summed E-state index contributed by atoms with van der Waals surface area (Å²) < 4.78 is 46.5. The summed E-state index contributed by atoms with van der Waals surface area (Å²) in [5, 5.41) is 8.64. The molecule has 128 valence electrons. The van der Waals surface area contributed by atoms with Crippen molar-refractivity contribution in [1.82, 2.24) is 0 Å². The number of nitrogens with zero attached hydrogens (tertiary/aromatic N) is 1. The van der Waals surface area contributed by atoms with E-state index in [2.05, 4.69) is 0 Å². The molecule has 2 aromatic carbocycles. The predicted molar refractivity (Wildman–Crippen MR) is 85.6 cm³/mol. The van der Waals surface area contributed by atoms with E-state index in [1.807, 2.05) is 19.1 Å². The molecular formula is C19H14F3NO2. The second kappa shape index (κ2) is 8.15. The number of rotatable bonds is 5. The van der Waals surface area contributed by atoms with Crippen molar-refractivity contribution in [3.05, 3.63) is 76.6 Å². The number of allylic oxidation sites excluding steroid dienone is 2. The molecule has 0 aromatic heterocycles. The molecule has 3 nitrogen and oxygen atoms in total. The molecule has 0 spiro atoms. The number of ether oxygens (including phenoxy) is 1. The normalized spacial score (nSPS) is 10.7. The zero-order chi connectivity index (χ0) is 18.4. The van der Waals surface area contributed by atoms with Crippen molar-refractivity contribution in [1.29, 1.82) is 5.26 Å². The van der Waals surface area contributed by atoms with Crippen LogP contribution in [0.1, 0.15) is 34.8 Å². The average Bonchev–Trinajstić information content (AvgIpc) is 2.54. The van der Waals surface area contributed by atoms with Crippen LogP contribution in [0.5, 0.6) is 5.75 Å². The summed E-state index contributed by atoms with van der Waals surface area (Å²) in [6.45, 7) is 1.84. The minimum atomic E-state index is -1.28. The Hall–Kier alpha value is -3.07. The molecule has 0 unspecified atom stereocenters. The molecule has 0 atom stereocenters. The van der Waals surface area contributed by atoms with Crippen LogP contribution < -0.4 is 4.74 Å². The zero-order valence-electron chi connectivity index (χ0n) is 13.4. The highest BCUT2D eigenvalue weighted by Gasteiger charge is 2.21. The maximum atomic E-state index is 14.1. The molecule has 0 radical (unpaired) electrons. The first-order valence-corrected chi connectivity index (χ1v) is 7.47. The third-order valence-electron chi connectivity index (χ3n) is 3.41. The Morgan fingerprint density at radius 2 is 1.84 bits per heavy atom. The van der Waals surface area contributed by atoms with Crippen LogP contribution >= 0.6 is 0 Å². The molecule has 2 rings (SSSR count). The topological polar surface area (TPSA) is 50.1 Å². The van der Waals surface area contributed by atoms with Gasteiger partial charge in [-0.25, -0.2) is 18.0 Å². The minimum absolute atomic E-state index is 0.234. The SMILES string of the molecule is CC=CCCc1cc(F)c(C(=O)Oc2ccc(C#N)c(F)c2)c(F)c1. The summed E-state index contributed by atoms with van der Waals surface area (Å²) in [7, 11) is 0. The van der Waals surface area contributed by atoms with Crippen LogP contribution in [-0.4, -0.2) is 5.97 Å². The van der Waals surface area contributed by atoms with Gasteiger partial charge in [-0.1, -0.05) is 12.2 Å². The number of aryl methyl sites for hydroxylation is 1. The summed E-state index contributed by atoms with van der Waals surface area (Å²) in [6.07, 6.45) is 4.73. The fourth-order valence-corrected chi connectivity index (χ4v) is 2.19. The molecule has 0 aliphatic rings. The van der Waals surface area contributed by atoms with Gasteiger partial charge in [0.1, 0.15) is 34.8 Å². The third-order valence-corrected chi connectivity index (χ3v) is 3.41. The maximum absolute atomic E-state index is 14.1. The van der Waals surface area contributed by atoms with Crippen molar-refractivity contribution in [3.8, 4) is 11.8 Å². The number of carbonyl (C=O) groups is 1. The summed E-state index contributed by atoms with van der Waals surface area (Å²) in [5.41, 5.74) is -0.670. The number of hydrogen-bond acceptors (Lipinski definition) is 3. The molecule has 0 N–H and O–H groups in total. The Kier molecular flexibility index (Phi) is 5.96. The van der Waals surface area contributed by atoms with Crippen molar-refractivity contribution >= 4 is 5.97 Å². The van der Waals surface area contributed by atoms with E-state index in [-0.39, 0.29) is 11.3 Å². The van der Waals surface area contributed by atoms with E-state index in [1.54, 1.807) is 6.07 Å². The Bertz CT molecular complexity index is 846. The lowest BCUT2D eigenvalue weighted by atomic mass is 10.1. The number of benzene rings is 2. The molecule has 0 amide bonds. The van der Waals surface area contributed by atoms with Crippen molar-refractivity contribution in [2.24, 2.45) is 0 Å². The van der Waals surface area contributed by atoms with E-state index in [0.29, 0.717) is 18.4 Å². The second-order valence-electron chi connectivity index (χ2n) is 5.19. The lowest BCUT2D eigenvalue weighted by molar-refractivity contribution is 0.0724. The first kappa shape index (κ1) is 18.3. The molecular weight excluding hydrogens is 331 g/mol. The fourth-order valence-electron chi connectivity index (χ4n) is 2.19. The molecule has 25 heavy (non-hydrogen) atoms. The van der Waals surface area contributed by atoms with Crippen LogP contribution in [0.3, 0.4) is 0 Å². The smallest absolute Gasteiger partial charge is 0.349 e. The highest BCUT2D eigenvalue weighted by Crippen LogP contribution is 2.21. The van der Waals surface area contributed by atoms with E-state index >= 15 is 0 Å². The first-order valence-electron chi connectivity index (χ1n) is 7.47. The molecule has 2 aromatic rings. The molecule has 0 saturated heterocycles.